The van der Waals surface area contributed by atoms with E-state index in [0.29, 0.717) is 22.6 Å². The summed E-state index contributed by atoms with van der Waals surface area (Å²) in [5.74, 6) is -1.47. The normalized spacial score (nSPS) is 13.6. The lowest BCUT2D eigenvalue weighted by Crippen LogP contribution is -2.21. The van der Waals surface area contributed by atoms with Crippen molar-refractivity contribution < 1.29 is 32.3 Å². The predicted octanol–water partition coefficient (Wildman–Crippen LogP) is 4.45. The first kappa shape index (κ1) is 25.7. The lowest BCUT2D eigenvalue weighted by Gasteiger charge is -2.09. The van der Waals surface area contributed by atoms with Gasteiger partial charge in [0.05, 0.1) is 17.0 Å². The molecule has 1 aliphatic carbocycles. The molecular weight excluding hydrogens is 473 g/mol. The number of halogens is 3. The number of aryl methyl sites for hydroxylation is 1. The zero-order valence-electron chi connectivity index (χ0n) is 19.4. The lowest BCUT2D eigenvalue weighted by molar-refractivity contribution is -0.141. The van der Waals surface area contributed by atoms with Gasteiger partial charge < -0.3 is 15.0 Å². The van der Waals surface area contributed by atoms with Crippen molar-refractivity contribution in [3.8, 4) is 0 Å². The van der Waals surface area contributed by atoms with Crippen LogP contribution in [0.15, 0.2) is 6.07 Å². The molecule has 0 bridgehead atoms. The van der Waals surface area contributed by atoms with Crippen molar-refractivity contribution in [3.05, 3.63) is 33.5 Å². The Labute approximate surface area is 199 Å². The lowest BCUT2D eigenvalue weighted by atomic mass is 10.1. The number of nitrogens with one attached hydrogen (secondary N) is 1. The molecule has 0 atom stereocenters. The Hall–Kier alpha value is -2.89. The van der Waals surface area contributed by atoms with Crippen LogP contribution in [0.2, 0.25) is 0 Å². The fraction of sp³-hybridized carbons (Fsp3) is 0.545. The molecule has 0 spiro atoms. The molecule has 3 rings (SSSR count). The van der Waals surface area contributed by atoms with Gasteiger partial charge in [0.25, 0.3) is 5.91 Å². The molecule has 0 unspecified atom stereocenters. The molecule has 1 fully saturated rings. The molecule has 2 heterocycles. The molecule has 0 radical (unpaired) electrons. The molecule has 34 heavy (non-hydrogen) atoms. The second-order valence-electron chi connectivity index (χ2n) is 8.34. The number of ether oxygens (including phenoxy) is 1. The number of aromatic nitrogens is 2. The highest BCUT2D eigenvalue weighted by molar-refractivity contribution is 7.18. The number of amides is 2. The van der Waals surface area contributed by atoms with Gasteiger partial charge in [-0.05, 0) is 37.8 Å². The number of anilines is 1. The zero-order valence-corrected chi connectivity index (χ0v) is 20.2. The molecule has 186 valence electrons. The van der Waals surface area contributed by atoms with E-state index in [9.17, 15) is 27.6 Å². The van der Waals surface area contributed by atoms with Gasteiger partial charge in [0.2, 0.25) is 5.91 Å². The average Bonchev–Trinajstić information content (AvgIpc) is 3.42. The smallest absolute Gasteiger partial charge is 0.435 e. The van der Waals surface area contributed by atoms with Crippen LogP contribution in [0.4, 0.5) is 18.2 Å². The minimum absolute atomic E-state index is 0.0196. The third kappa shape index (κ3) is 5.78. The molecule has 0 saturated heterocycles. The number of esters is 1. The standard InChI is InChI=1S/C22H27F3N4O4S/c1-5-10-33-21(32)17-12(2)18(20(31)28(3)4)34-19(17)26-16(30)8-9-29-14(13-6-7-13)11-15(27-29)22(23,24)25/h11,13H,5-10H2,1-4H3,(H,26,30). The second-order valence-corrected chi connectivity index (χ2v) is 9.36. The minimum Gasteiger partial charge on any atom is -0.462 e. The molecule has 0 aliphatic heterocycles. The summed E-state index contributed by atoms with van der Waals surface area (Å²) < 4.78 is 45.7. The van der Waals surface area contributed by atoms with Gasteiger partial charge in [-0.3, -0.25) is 14.3 Å². The van der Waals surface area contributed by atoms with Gasteiger partial charge in [0.1, 0.15) is 5.00 Å². The Morgan fingerprint density at radius 2 is 1.97 bits per heavy atom. The van der Waals surface area contributed by atoms with Crippen molar-refractivity contribution in [2.24, 2.45) is 0 Å². The maximum absolute atomic E-state index is 13.1. The predicted molar refractivity (Wildman–Crippen MR) is 120 cm³/mol. The van der Waals surface area contributed by atoms with Crippen LogP contribution in [-0.4, -0.2) is 53.2 Å². The highest BCUT2D eigenvalue weighted by Gasteiger charge is 2.38. The number of alkyl halides is 3. The number of carbonyl (C=O) groups excluding carboxylic acids is 3. The van der Waals surface area contributed by atoms with Crippen molar-refractivity contribution in [2.45, 2.75) is 58.2 Å². The van der Waals surface area contributed by atoms with E-state index in [1.165, 1.54) is 9.58 Å². The summed E-state index contributed by atoms with van der Waals surface area (Å²) in [6, 6.07) is 1.04. The van der Waals surface area contributed by atoms with E-state index in [1.807, 2.05) is 6.92 Å². The maximum atomic E-state index is 13.1. The van der Waals surface area contributed by atoms with Gasteiger partial charge in [0.15, 0.2) is 5.69 Å². The molecule has 2 aromatic heterocycles. The number of hydrogen-bond acceptors (Lipinski definition) is 6. The van der Waals surface area contributed by atoms with Crippen LogP contribution in [-0.2, 0) is 22.3 Å². The molecule has 1 N–H and O–H groups in total. The largest absolute Gasteiger partial charge is 0.462 e. The summed E-state index contributed by atoms with van der Waals surface area (Å²) in [4.78, 5) is 39.5. The van der Waals surface area contributed by atoms with Gasteiger partial charge in [0, 0.05) is 38.7 Å². The van der Waals surface area contributed by atoms with Crippen molar-refractivity contribution in [1.29, 1.82) is 0 Å². The average molecular weight is 501 g/mol. The first-order valence-corrected chi connectivity index (χ1v) is 11.7. The van der Waals surface area contributed by atoms with Gasteiger partial charge in [-0.15, -0.1) is 11.3 Å². The number of rotatable bonds is 9. The Kier molecular flexibility index (Phi) is 7.69. The van der Waals surface area contributed by atoms with E-state index < -0.39 is 23.7 Å². The summed E-state index contributed by atoms with van der Waals surface area (Å²) in [6.45, 7) is 3.59. The van der Waals surface area contributed by atoms with Gasteiger partial charge in [-0.1, -0.05) is 6.92 Å². The first-order chi connectivity index (χ1) is 15.9. The molecule has 0 aromatic carbocycles. The Morgan fingerprint density at radius 3 is 2.53 bits per heavy atom. The van der Waals surface area contributed by atoms with Crippen LogP contribution in [0.5, 0.6) is 0 Å². The minimum atomic E-state index is -4.56. The summed E-state index contributed by atoms with van der Waals surface area (Å²) >= 11 is 0.965. The third-order valence-corrected chi connectivity index (χ3v) is 6.48. The van der Waals surface area contributed by atoms with E-state index >= 15 is 0 Å². The molecule has 2 amide bonds. The maximum Gasteiger partial charge on any atom is 0.435 e. The van der Waals surface area contributed by atoms with Crippen molar-refractivity contribution in [1.82, 2.24) is 14.7 Å². The van der Waals surface area contributed by atoms with Crippen molar-refractivity contribution >= 4 is 34.1 Å². The summed E-state index contributed by atoms with van der Waals surface area (Å²) in [7, 11) is 3.15. The van der Waals surface area contributed by atoms with Crippen LogP contribution in [0.3, 0.4) is 0 Å². The van der Waals surface area contributed by atoms with Crippen LogP contribution < -0.4 is 5.32 Å². The third-order valence-electron chi connectivity index (χ3n) is 5.29. The number of nitrogens with zero attached hydrogens (tertiary/aromatic N) is 3. The first-order valence-electron chi connectivity index (χ1n) is 10.9. The van der Waals surface area contributed by atoms with Crippen LogP contribution in [0.25, 0.3) is 0 Å². The summed E-state index contributed by atoms with van der Waals surface area (Å²) in [6.07, 6.45) is -2.54. The van der Waals surface area contributed by atoms with Crippen molar-refractivity contribution in [3.63, 3.8) is 0 Å². The van der Waals surface area contributed by atoms with Gasteiger partial charge >= 0.3 is 12.1 Å². The highest BCUT2D eigenvalue weighted by Crippen LogP contribution is 2.42. The molecule has 12 heteroatoms. The second kappa shape index (κ2) is 10.2. The fourth-order valence-electron chi connectivity index (χ4n) is 3.37. The number of carbonyl (C=O) groups is 3. The Balaban J connectivity index is 1.79. The molecule has 1 saturated carbocycles. The van der Waals surface area contributed by atoms with E-state index in [0.717, 1.165) is 30.2 Å². The zero-order chi connectivity index (χ0) is 25.2. The molecule has 8 nitrogen and oxygen atoms in total. The van der Waals surface area contributed by atoms with Crippen molar-refractivity contribution in [2.75, 3.05) is 26.0 Å². The van der Waals surface area contributed by atoms with E-state index in [-0.39, 0.29) is 42.0 Å². The Bertz CT molecular complexity index is 1090. The monoisotopic (exact) mass is 500 g/mol. The van der Waals surface area contributed by atoms with Gasteiger partial charge in [-0.25, -0.2) is 4.79 Å². The molecular formula is C22H27F3N4O4S. The summed E-state index contributed by atoms with van der Waals surface area (Å²) in [5.41, 5.74) is -0.00147. The fourth-order valence-corrected chi connectivity index (χ4v) is 4.61. The van der Waals surface area contributed by atoms with E-state index in [1.54, 1.807) is 21.0 Å². The van der Waals surface area contributed by atoms with E-state index in [4.69, 9.17) is 4.74 Å². The van der Waals surface area contributed by atoms with E-state index in [2.05, 4.69) is 10.4 Å². The number of thiophene rings is 1. The number of hydrogen-bond donors (Lipinski definition) is 1. The quantitative estimate of drug-likeness (QED) is 0.514. The SMILES string of the molecule is CCCOC(=O)c1c(NC(=O)CCn2nc(C(F)(F)F)cc2C2CC2)sc(C(=O)N(C)C)c1C. The van der Waals surface area contributed by atoms with Crippen LogP contribution in [0.1, 0.15) is 75.5 Å². The van der Waals surface area contributed by atoms with Crippen LogP contribution >= 0.6 is 11.3 Å². The topological polar surface area (TPSA) is 93.5 Å². The van der Waals surface area contributed by atoms with Gasteiger partial charge in [-0.2, -0.15) is 18.3 Å². The summed E-state index contributed by atoms with van der Waals surface area (Å²) in [5, 5.41) is 6.46. The highest BCUT2D eigenvalue weighted by atomic mass is 32.1. The molecule has 1 aliphatic rings. The Morgan fingerprint density at radius 1 is 1.29 bits per heavy atom. The molecule has 2 aromatic rings. The van der Waals surface area contributed by atoms with Crippen LogP contribution in [0, 0.1) is 6.92 Å².